The highest BCUT2D eigenvalue weighted by molar-refractivity contribution is 6.39. The molecule has 0 radical (unpaired) electrons. The molecule has 0 saturated carbocycles. The number of benzene rings is 2. The fraction of sp³-hybridized carbons (Fsp3) is 0.261. The van der Waals surface area contributed by atoms with Crippen LogP contribution >= 0.6 is 23.2 Å². The first kappa shape index (κ1) is 30.7. The molecule has 4 N–H and O–H groups in total. The largest absolute Gasteiger partial charge is 0.478 e. The Morgan fingerprint density at radius 2 is 1.71 bits per heavy atom. The van der Waals surface area contributed by atoms with Gasteiger partial charge in [0, 0.05) is 12.7 Å². The minimum Gasteiger partial charge on any atom is -0.478 e. The Labute approximate surface area is 208 Å². The predicted octanol–water partition coefficient (Wildman–Crippen LogP) is 5.55. The van der Waals surface area contributed by atoms with Crippen LogP contribution in [0.15, 0.2) is 49.1 Å². The third-order valence-corrected chi connectivity index (χ3v) is 4.43. The molecule has 2 aromatic rings. The fourth-order valence-electron chi connectivity index (χ4n) is 2.07. The van der Waals surface area contributed by atoms with Crippen LogP contribution in [0.4, 0.5) is 16.2 Å². The van der Waals surface area contributed by atoms with Gasteiger partial charge < -0.3 is 30.4 Å². The minimum atomic E-state index is -0.981. The van der Waals surface area contributed by atoms with E-state index in [1.165, 1.54) is 0 Å². The molecule has 0 aliphatic rings. The van der Waals surface area contributed by atoms with E-state index in [9.17, 15) is 14.4 Å². The number of aliphatic carboxylic acids is 1. The maximum absolute atomic E-state index is 12.2. The first-order chi connectivity index (χ1) is 16.1. The molecule has 0 heterocycles. The highest BCUT2D eigenvalue weighted by atomic mass is 35.5. The van der Waals surface area contributed by atoms with E-state index in [0.717, 1.165) is 11.6 Å². The number of anilines is 2. The number of carboxylic acid groups (broad SMARTS) is 1. The van der Waals surface area contributed by atoms with E-state index in [-0.39, 0.29) is 6.79 Å². The third-order valence-electron chi connectivity index (χ3n) is 3.63. The zero-order valence-corrected chi connectivity index (χ0v) is 20.6. The van der Waals surface area contributed by atoms with E-state index in [0.29, 0.717) is 40.2 Å². The summed E-state index contributed by atoms with van der Waals surface area (Å²) in [6.07, 6.45) is 0.123. The highest BCUT2D eigenvalue weighted by Gasteiger charge is 2.15. The van der Waals surface area contributed by atoms with Crippen LogP contribution in [-0.4, -0.2) is 43.1 Å². The van der Waals surface area contributed by atoms with Crippen molar-refractivity contribution in [2.45, 2.75) is 20.8 Å². The number of hydrogen-bond acceptors (Lipinski definition) is 7. The standard InChI is InChI=1S/C17H17Cl2NO3.C3H7NO2.C3H4O2/c1-3-22-10-23-17(21)12-6-4-5-7-14(12)20-16-13(18)9-8-11(2)15(16)19;1-2-6-3(4)5;1-2-3(4)5/h4-9,20H,3,10H2,1-2H3;2H2,1H3,(H2,4,5);2H,1H2,(H,4,5). The molecule has 11 heteroatoms. The summed E-state index contributed by atoms with van der Waals surface area (Å²) in [4.78, 5) is 31.0. The molecule has 0 fully saturated rings. The molecule has 0 bridgehead atoms. The van der Waals surface area contributed by atoms with E-state index in [1.807, 2.05) is 19.9 Å². The smallest absolute Gasteiger partial charge is 0.404 e. The van der Waals surface area contributed by atoms with Crippen LogP contribution in [0.25, 0.3) is 0 Å². The molecule has 0 saturated heterocycles. The average molecular weight is 515 g/mol. The first-order valence-electron chi connectivity index (χ1n) is 9.91. The molecule has 1 amide bonds. The van der Waals surface area contributed by atoms with Crippen molar-refractivity contribution in [3.05, 3.63) is 70.2 Å². The van der Waals surface area contributed by atoms with Gasteiger partial charge in [-0.25, -0.2) is 14.4 Å². The maximum Gasteiger partial charge on any atom is 0.404 e. The number of carboxylic acids is 1. The molecule has 2 rings (SSSR count). The molecule has 0 unspecified atom stereocenters. The molecule has 0 spiro atoms. The fourth-order valence-corrected chi connectivity index (χ4v) is 2.54. The number of nitrogens with one attached hydrogen (secondary N) is 1. The SMILES string of the molecule is C=CC(=O)O.CCOC(N)=O.CCOCOC(=O)c1ccccc1Nc1c(Cl)ccc(C)c1Cl. The summed E-state index contributed by atoms with van der Waals surface area (Å²) in [6.45, 7) is 9.11. The lowest BCUT2D eigenvalue weighted by Crippen LogP contribution is -2.11. The van der Waals surface area contributed by atoms with Crippen molar-refractivity contribution < 1.29 is 33.7 Å². The predicted molar refractivity (Wildman–Crippen MR) is 132 cm³/mol. The Kier molecular flexibility index (Phi) is 15.6. The number of carbonyl (C=O) groups excluding carboxylic acids is 2. The number of carbonyl (C=O) groups is 3. The molecule has 0 aromatic heterocycles. The van der Waals surface area contributed by atoms with E-state index in [4.69, 9.17) is 37.8 Å². The molecule has 9 nitrogen and oxygen atoms in total. The van der Waals surface area contributed by atoms with Gasteiger partial charge in [0.15, 0.2) is 6.79 Å². The summed E-state index contributed by atoms with van der Waals surface area (Å²) >= 11 is 12.5. The van der Waals surface area contributed by atoms with Crippen molar-refractivity contribution in [2.24, 2.45) is 5.73 Å². The molecule has 186 valence electrons. The second-order valence-corrected chi connectivity index (χ2v) is 6.85. The summed E-state index contributed by atoms with van der Waals surface area (Å²) in [5.41, 5.74) is 6.91. The van der Waals surface area contributed by atoms with Gasteiger partial charge in [0.05, 0.1) is 33.6 Å². The van der Waals surface area contributed by atoms with Crippen molar-refractivity contribution in [3.8, 4) is 0 Å². The molecular formula is C23H28Cl2N2O7. The van der Waals surface area contributed by atoms with Crippen molar-refractivity contribution in [3.63, 3.8) is 0 Å². The zero-order valence-electron chi connectivity index (χ0n) is 19.1. The van der Waals surface area contributed by atoms with Gasteiger partial charge in [-0.3, -0.25) is 0 Å². The molecule has 0 aliphatic heterocycles. The molecule has 34 heavy (non-hydrogen) atoms. The zero-order chi connectivity index (χ0) is 26.1. The van der Waals surface area contributed by atoms with Crippen molar-refractivity contribution in [1.29, 1.82) is 0 Å². The Bertz CT molecular complexity index is 968. The minimum absolute atomic E-state index is 0.0877. The monoisotopic (exact) mass is 514 g/mol. The van der Waals surface area contributed by atoms with Gasteiger partial charge in [-0.2, -0.15) is 0 Å². The van der Waals surface area contributed by atoms with E-state index in [2.05, 4.69) is 22.4 Å². The number of para-hydroxylation sites is 1. The highest BCUT2D eigenvalue weighted by Crippen LogP contribution is 2.36. The van der Waals surface area contributed by atoms with Crippen molar-refractivity contribution in [1.82, 2.24) is 0 Å². The first-order valence-corrected chi connectivity index (χ1v) is 10.7. The normalized spacial score (nSPS) is 9.32. The number of esters is 1. The van der Waals surface area contributed by atoms with Crippen LogP contribution < -0.4 is 11.1 Å². The molecular weight excluding hydrogens is 487 g/mol. The van der Waals surface area contributed by atoms with Crippen LogP contribution in [0.2, 0.25) is 10.0 Å². The molecule has 2 aromatic carbocycles. The molecule has 0 atom stereocenters. The van der Waals surface area contributed by atoms with Crippen LogP contribution in [0.1, 0.15) is 29.8 Å². The quantitative estimate of drug-likeness (QED) is 0.180. The van der Waals surface area contributed by atoms with Gasteiger partial charge in [0.1, 0.15) is 0 Å². The van der Waals surface area contributed by atoms with Crippen molar-refractivity contribution in [2.75, 3.05) is 25.3 Å². The lowest BCUT2D eigenvalue weighted by atomic mass is 10.1. The lowest BCUT2D eigenvalue weighted by Gasteiger charge is -2.15. The average Bonchev–Trinajstić information content (AvgIpc) is 2.80. The number of primary amides is 1. The lowest BCUT2D eigenvalue weighted by molar-refractivity contribution is -0.131. The van der Waals surface area contributed by atoms with Gasteiger partial charge in [0.2, 0.25) is 0 Å². The van der Waals surface area contributed by atoms with Gasteiger partial charge in [0.25, 0.3) is 0 Å². The van der Waals surface area contributed by atoms with E-state index < -0.39 is 18.0 Å². The third kappa shape index (κ3) is 12.1. The van der Waals surface area contributed by atoms with Crippen molar-refractivity contribution >= 4 is 52.6 Å². The van der Waals surface area contributed by atoms with E-state index >= 15 is 0 Å². The number of halogens is 2. The van der Waals surface area contributed by atoms with Gasteiger partial charge in [-0.15, -0.1) is 0 Å². The Balaban J connectivity index is 0.000000824. The summed E-state index contributed by atoms with van der Waals surface area (Å²) in [6, 6.07) is 10.6. The summed E-state index contributed by atoms with van der Waals surface area (Å²) in [7, 11) is 0. The number of nitrogens with two attached hydrogens (primary N) is 1. The second kappa shape index (κ2) is 17.2. The summed E-state index contributed by atoms with van der Waals surface area (Å²) < 4.78 is 14.3. The number of amides is 1. The van der Waals surface area contributed by atoms with Gasteiger partial charge >= 0.3 is 18.0 Å². The van der Waals surface area contributed by atoms with Crippen LogP contribution in [0, 0.1) is 6.92 Å². The maximum atomic E-state index is 12.2. The molecule has 0 aliphatic carbocycles. The van der Waals surface area contributed by atoms with Gasteiger partial charge in [-0.05, 0) is 44.5 Å². The van der Waals surface area contributed by atoms with Gasteiger partial charge in [-0.1, -0.05) is 48.0 Å². The van der Waals surface area contributed by atoms with Crippen LogP contribution in [-0.2, 0) is 19.0 Å². The topological polar surface area (TPSA) is 137 Å². The number of ether oxygens (including phenoxy) is 3. The Morgan fingerprint density at radius 1 is 1.09 bits per heavy atom. The van der Waals surface area contributed by atoms with Crippen LogP contribution in [0.5, 0.6) is 0 Å². The summed E-state index contributed by atoms with van der Waals surface area (Å²) in [5, 5.41) is 11.7. The number of rotatable bonds is 8. The number of hydrogen-bond donors (Lipinski definition) is 3. The number of aryl methyl sites for hydroxylation is 1. The Hall–Kier alpha value is -3.27. The second-order valence-electron chi connectivity index (χ2n) is 6.06. The van der Waals surface area contributed by atoms with E-state index in [1.54, 1.807) is 37.3 Å². The van der Waals surface area contributed by atoms with Crippen LogP contribution in [0.3, 0.4) is 0 Å². The summed E-state index contributed by atoms with van der Waals surface area (Å²) in [5.74, 6) is -1.47. The Morgan fingerprint density at radius 3 is 2.21 bits per heavy atom.